The highest BCUT2D eigenvalue weighted by Crippen LogP contribution is 2.28. The molecule has 1 fully saturated rings. The summed E-state index contributed by atoms with van der Waals surface area (Å²) in [6, 6.07) is 7.92. The van der Waals surface area contributed by atoms with E-state index in [1.807, 2.05) is 24.3 Å². The van der Waals surface area contributed by atoms with Gasteiger partial charge in [-0.05, 0) is 40.9 Å². The smallest absolute Gasteiger partial charge is 0.0838 e. The highest BCUT2D eigenvalue weighted by molar-refractivity contribution is 9.10. The van der Waals surface area contributed by atoms with Crippen molar-refractivity contribution < 1.29 is 9.84 Å². The maximum atomic E-state index is 9.54. The third kappa shape index (κ3) is 2.56. The molecule has 1 aromatic carbocycles. The minimum absolute atomic E-state index is 0.0916. The monoisotopic (exact) mass is 285 g/mol. The Balaban J connectivity index is 2.15. The molecule has 88 valence electrons. The third-order valence-corrected chi connectivity index (χ3v) is 3.59. The van der Waals surface area contributed by atoms with Gasteiger partial charge in [-0.1, -0.05) is 12.1 Å². The summed E-state index contributed by atoms with van der Waals surface area (Å²) in [6.07, 6.45) is 1.92. The molecule has 0 saturated carbocycles. The molecular formula is C12H16BrNO2. The van der Waals surface area contributed by atoms with Crippen molar-refractivity contribution in [3.63, 3.8) is 0 Å². The highest BCUT2D eigenvalue weighted by Gasteiger charge is 2.32. The van der Waals surface area contributed by atoms with Gasteiger partial charge in [-0.25, -0.2) is 0 Å². The molecule has 0 bridgehead atoms. The van der Waals surface area contributed by atoms with E-state index < -0.39 is 0 Å². The predicted octanol–water partition coefficient (Wildman–Crippen LogP) is 2.40. The first-order valence-corrected chi connectivity index (χ1v) is 6.26. The molecule has 4 heteroatoms. The van der Waals surface area contributed by atoms with Crippen LogP contribution in [0.25, 0.3) is 0 Å². The second-order valence-electron chi connectivity index (χ2n) is 4.20. The molecule has 1 unspecified atom stereocenters. The Bertz CT molecular complexity index is 351. The van der Waals surface area contributed by atoms with Gasteiger partial charge in [-0.15, -0.1) is 0 Å². The maximum absolute atomic E-state index is 9.54. The van der Waals surface area contributed by atoms with Crippen LogP contribution in [-0.2, 0) is 4.74 Å². The fourth-order valence-electron chi connectivity index (χ4n) is 1.96. The van der Waals surface area contributed by atoms with E-state index in [0.29, 0.717) is 6.61 Å². The number of anilines is 1. The molecule has 2 rings (SSSR count). The number of hydrogen-bond acceptors (Lipinski definition) is 3. The number of para-hydroxylation sites is 1. The SMILES string of the molecule is OCC1(Nc2ccccc2Br)CCCOC1. The standard InChI is InChI=1S/C12H16BrNO2/c13-10-4-1-2-5-11(10)14-12(8-15)6-3-7-16-9-12/h1-2,4-5,14-15H,3,6-9H2. The van der Waals surface area contributed by atoms with Gasteiger partial charge in [0, 0.05) is 16.8 Å². The van der Waals surface area contributed by atoms with E-state index in [2.05, 4.69) is 21.2 Å². The lowest BCUT2D eigenvalue weighted by Gasteiger charge is -2.37. The van der Waals surface area contributed by atoms with Gasteiger partial charge in [0.2, 0.25) is 0 Å². The Morgan fingerprint density at radius 1 is 1.44 bits per heavy atom. The molecule has 0 aromatic heterocycles. The van der Waals surface area contributed by atoms with Crippen LogP contribution in [0.1, 0.15) is 12.8 Å². The van der Waals surface area contributed by atoms with Crippen molar-refractivity contribution >= 4 is 21.6 Å². The van der Waals surface area contributed by atoms with Crippen LogP contribution in [0.2, 0.25) is 0 Å². The first kappa shape index (κ1) is 11.9. The van der Waals surface area contributed by atoms with Crippen LogP contribution in [0, 0.1) is 0 Å². The van der Waals surface area contributed by atoms with Crippen molar-refractivity contribution in [1.82, 2.24) is 0 Å². The van der Waals surface area contributed by atoms with E-state index in [0.717, 1.165) is 29.6 Å². The second-order valence-corrected chi connectivity index (χ2v) is 5.05. The summed E-state index contributed by atoms with van der Waals surface area (Å²) in [5.41, 5.74) is 0.671. The van der Waals surface area contributed by atoms with Crippen LogP contribution in [0.5, 0.6) is 0 Å². The summed E-state index contributed by atoms with van der Waals surface area (Å²) < 4.78 is 6.46. The van der Waals surface area contributed by atoms with E-state index >= 15 is 0 Å². The van der Waals surface area contributed by atoms with Crippen LogP contribution in [-0.4, -0.2) is 30.5 Å². The number of ether oxygens (including phenoxy) is 1. The van der Waals surface area contributed by atoms with Gasteiger partial charge in [0.15, 0.2) is 0 Å². The molecule has 2 N–H and O–H groups in total. The number of nitrogens with one attached hydrogen (secondary N) is 1. The van der Waals surface area contributed by atoms with Gasteiger partial charge in [0.1, 0.15) is 0 Å². The van der Waals surface area contributed by atoms with Crippen molar-refractivity contribution in [2.75, 3.05) is 25.1 Å². The maximum Gasteiger partial charge on any atom is 0.0838 e. The molecule has 0 spiro atoms. The van der Waals surface area contributed by atoms with Gasteiger partial charge in [0.05, 0.1) is 18.8 Å². The van der Waals surface area contributed by atoms with Crippen LogP contribution in [0.4, 0.5) is 5.69 Å². The molecule has 16 heavy (non-hydrogen) atoms. The number of halogens is 1. The van der Waals surface area contributed by atoms with Gasteiger partial charge < -0.3 is 15.2 Å². The molecule has 1 atom stereocenters. The average Bonchev–Trinajstić information content (AvgIpc) is 2.33. The van der Waals surface area contributed by atoms with Crippen molar-refractivity contribution in [1.29, 1.82) is 0 Å². The predicted molar refractivity (Wildman–Crippen MR) is 67.6 cm³/mol. The number of benzene rings is 1. The summed E-state index contributed by atoms with van der Waals surface area (Å²) in [5, 5.41) is 12.9. The number of rotatable bonds is 3. The molecule has 0 amide bonds. The minimum atomic E-state index is -0.331. The molecule has 3 nitrogen and oxygen atoms in total. The average molecular weight is 286 g/mol. The van der Waals surface area contributed by atoms with Crippen LogP contribution in [0.15, 0.2) is 28.7 Å². The Morgan fingerprint density at radius 3 is 2.88 bits per heavy atom. The molecule has 1 aliphatic heterocycles. The zero-order chi connectivity index (χ0) is 11.4. The Morgan fingerprint density at radius 2 is 2.25 bits per heavy atom. The summed E-state index contributed by atoms with van der Waals surface area (Å²) in [4.78, 5) is 0. The Labute approximate surface area is 104 Å². The Kier molecular flexibility index (Phi) is 3.84. The molecule has 1 aliphatic rings. The largest absolute Gasteiger partial charge is 0.394 e. The highest BCUT2D eigenvalue weighted by atomic mass is 79.9. The molecular weight excluding hydrogens is 270 g/mol. The zero-order valence-corrected chi connectivity index (χ0v) is 10.7. The van der Waals surface area contributed by atoms with Gasteiger partial charge in [-0.3, -0.25) is 0 Å². The van der Waals surface area contributed by atoms with Crippen LogP contribution in [0.3, 0.4) is 0 Å². The quantitative estimate of drug-likeness (QED) is 0.896. The fourth-order valence-corrected chi connectivity index (χ4v) is 2.35. The lowest BCUT2D eigenvalue weighted by atomic mass is 9.93. The first-order chi connectivity index (χ1) is 7.76. The molecule has 1 saturated heterocycles. The van der Waals surface area contributed by atoms with Crippen molar-refractivity contribution in [2.45, 2.75) is 18.4 Å². The van der Waals surface area contributed by atoms with Gasteiger partial charge in [0.25, 0.3) is 0 Å². The lowest BCUT2D eigenvalue weighted by Crippen LogP contribution is -2.49. The Hall–Kier alpha value is -0.580. The van der Waals surface area contributed by atoms with Crippen molar-refractivity contribution in [2.24, 2.45) is 0 Å². The lowest BCUT2D eigenvalue weighted by molar-refractivity contribution is 0.0217. The van der Waals surface area contributed by atoms with Crippen molar-refractivity contribution in [3.8, 4) is 0 Å². The molecule has 1 aromatic rings. The van der Waals surface area contributed by atoms with E-state index in [1.54, 1.807) is 0 Å². The number of aliphatic hydroxyl groups is 1. The topological polar surface area (TPSA) is 41.5 Å². The van der Waals surface area contributed by atoms with E-state index in [1.165, 1.54) is 0 Å². The van der Waals surface area contributed by atoms with E-state index in [9.17, 15) is 5.11 Å². The van der Waals surface area contributed by atoms with Gasteiger partial charge in [-0.2, -0.15) is 0 Å². The molecule has 0 aliphatic carbocycles. The summed E-state index contributed by atoms with van der Waals surface area (Å²) in [7, 11) is 0. The fraction of sp³-hybridized carbons (Fsp3) is 0.500. The van der Waals surface area contributed by atoms with Crippen molar-refractivity contribution in [3.05, 3.63) is 28.7 Å². The van der Waals surface area contributed by atoms with Crippen LogP contribution < -0.4 is 5.32 Å². The minimum Gasteiger partial charge on any atom is -0.394 e. The van der Waals surface area contributed by atoms with Gasteiger partial charge >= 0.3 is 0 Å². The normalized spacial score (nSPS) is 25.4. The number of hydrogen-bond donors (Lipinski definition) is 2. The van der Waals surface area contributed by atoms with Crippen LogP contribution >= 0.6 is 15.9 Å². The summed E-state index contributed by atoms with van der Waals surface area (Å²) in [5.74, 6) is 0. The van der Waals surface area contributed by atoms with E-state index in [-0.39, 0.29) is 12.1 Å². The number of aliphatic hydroxyl groups excluding tert-OH is 1. The summed E-state index contributed by atoms with van der Waals surface area (Å²) in [6.45, 7) is 1.44. The molecule has 0 radical (unpaired) electrons. The summed E-state index contributed by atoms with van der Waals surface area (Å²) >= 11 is 3.49. The van der Waals surface area contributed by atoms with E-state index in [4.69, 9.17) is 4.74 Å². The zero-order valence-electron chi connectivity index (χ0n) is 9.08. The third-order valence-electron chi connectivity index (χ3n) is 2.90. The molecule has 1 heterocycles. The first-order valence-electron chi connectivity index (χ1n) is 5.47. The second kappa shape index (κ2) is 5.17.